The lowest BCUT2D eigenvalue weighted by Gasteiger charge is -2.32. The molecule has 0 spiro atoms. The minimum Gasteiger partial charge on any atom is -0.456 e. The summed E-state index contributed by atoms with van der Waals surface area (Å²) in [6.07, 6.45) is 3.97. The lowest BCUT2D eigenvalue weighted by molar-refractivity contribution is -0.150. The van der Waals surface area contributed by atoms with Crippen LogP contribution in [0.15, 0.2) is 41.4 Å². The lowest BCUT2D eigenvalue weighted by Crippen LogP contribution is -2.47. The molecule has 2 amide bonds. The second-order valence-electron chi connectivity index (χ2n) is 7.20. The summed E-state index contributed by atoms with van der Waals surface area (Å²) in [5.74, 6) is -1.44. The number of piperidine rings is 1. The number of pyridine rings is 1. The Morgan fingerprint density at radius 1 is 1.25 bits per heavy atom. The quantitative estimate of drug-likeness (QED) is 0.500. The summed E-state index contributed by atoms with van der Waals surface area (Å²) in [5.41, 5.74) is -0.00656. The highest BCUT2D eigenvalue weighted by Crippen LogP contribution is 2.27. The summed E-state index contributed by atoms with van der Waals surface area (Å²) in [6, 6.07) is 8.17. The molecule has 0 radical (unpaired) electrons. The van der Waals surface area contributed by atoms with Gasteiger partial charge in [0.05, 0.1) is 6.20 Å². The molecule has 8 nitrogen and oxygen atoms in total. The molecule has 1 aromatic carbocycles. The van der Waals surface area contributed by atoms with Crippen molar-refractivity contribution in [3.8, 4) is 11.6 Å². The van der Waals surface area contributed by atoms with Crippen LogP contribution in [0.1, 0.15) is 30.1 Å². The fraction of sp³-hybridized carbons (Fsp3) is 0.364. The van der Waals surface area contributed by atoms with Crippen LogP contribution in [-0.4, -0.2) is 59.7 Å². The standard InChI is InChI=1S/C22H24FN3O5S/c1-14(27)30-13-20(28)26-8-6-16(7-9-26)25-21(29)19-10-15(23)12-24-22(19)31-17-4-3-5-18(11-17)32-2/h3-5,10-12,16H,6-9,13H2,1-2H3,(H,25,29). The van der Waals surface area contributed by atoms with Crippen molar-refractivity contribution in [1.82, 2.24) is 15.2 Å². The summed E-state index contributed by atoms with van der Waals surface area (Å²) in [5, 5.41) is 2.87. The van der Waals surface area contributed by atoms with Crippen LogP contribution < -0.4 is 10.1 Å². The Kier molecular flexibility index (Phi) is 8.04. The fourth-order valence-corrected chi connectivity index (χ4v) is 3.69. The first kappa shape index (κ1) is 23.5. The zero-order chi connectivity index (χ0) is 23.1. The number of amides is 2. The number of carbonyl (C=O) groups is 3. The molecule has 1 aromatic heterocycles. The van der Waals surface area contributed by atoms with E-state index in [4.69, 9.17) is 9.47 Å². The summed E-state index contributed by atoms with van der Waals surface area (Å²) in [4.78, 5) is 42.3. The maximum absolute atomic E-state index is 13.8. The first-order chi connectivity index (χ1) is 15.4. The maximum Gasteiger partial charge on any atom is 0.303 e. The average Bonchev–Trinajstić information content (AvgIpc) is 2.79. The van der Waals surface area contributed by atoms with E-state index in [-0.39, 0.29) is 30.0 Å². The highest BCUT2D eigenvalue weighted by molar-refractivity contribution is 7.98. The van der Waals surface area contributed by atoms with Gasteiger partial charge in [-0.1, -0.05) is 6.07 Å². The van der Waals surface area contributed by atoms with Gasteiger partial charge in [-0.3, -0.25) is 14.4 Å². The molecule has 1 aliphatic rings. The van der Waals surface area contributed by atoms with Crippen molar-refractivity contribution in [1.29, 1.82) is 0 Å². The van der Waals surface area contributed by atoms with Crippen molar-refractivity contribution in [2.75, 3.05) is 26.0 Å². The topological polar surface area (TPSA) is 97.8 Å². The number of aromatic nitrogens is 1. The van der Waals surface area contributed by atoms with E-state index in [1.54, 1.807) is 28.8 Å². The second-order valence-corrected chi connectivity index (χ2v) is 8.08. The number of nitrogens with one attached hydrogen (secondary N) is 1. The molecular formula is C22H24FN3O5S. The first-order valence-corrected chi connectivity index (χ1v) is 11.3. The van der Waals surface area contributed by atoms with E-state index in [0.29, 0.717) is 31.7 Å². The van der Waals surface area contributed by atoms with Gasteiger partial charge in [-0.2, -0.15) is 0 Å². The van der Waals surface area contributed by atoms with Gasteiger partial charge in [0.15, 0.2) is 6.61 Å². The molecule has 3 rings (SSSR count). The van der Waals surface area contributed by atoms with Gasteiger partial charge in [0.1, 0.15) is 17.1 Å². The monoisotopic (exact) mass is 461 g/mol. The smallest absolute Gasteiger partial charge is 0.303 e. The molecule has 0 atom stereocenters. The largest absolute Gasteiger partial charge is 0.456 e. The number of benzene rings is 1. The van der Waals surface area contributed by atoms with Gasteiger partial charge in [-0.25, -0.2) is 9.37 Å². The van der Waals surface area contributed by atoms with Crippen LogP contribution in [0.3, 0.4) is 0 Å². The maximum atomic E-state index is 13.8. The number of hydrogen-bond donors (Lipinski definition) is 1. The summed E-state index contributed by atoms with van der Waals surface area (Å²) >= 11 is 1.54. The second kappa shape index (κ2) is 10.9. The van der Waals surface area contributed by atoms with Crippen molar-refractivity contribution < 1.29 is 28.2 Å². The molecule has 2 heterocycles. The molecular weight excluding hydrogens is 437 g/mol. The normalized spacial score (nSPS) is 14.0. The molecule has 1 fully saturated rings. The van der Waals surface area contributed by atoms with E-state index >= 15 is 0 Å². The zero-order valence-electron chi connectivity index (χ0n) is 17.8. The first-order valence-electron chi connectivity index (χ1n) is 10.0. The summed E-state index contributed by atoms with van der Waals surface area (Å²) in [7, 11) is 0. The minimum atomic E-state index is -0.647. The number of nitrogens with zero attached hydrogens (tertiary/aromatic N) is 2. The molecule has 2 aromatic rings. The van der Waals surface area contributed by atoms with Gasteiger partial charge in [0.2, 0.25) is 5.88 Å². The Labute approximate surface area is 189 Å². The van der Waals surface area contributed by atoms with Crippen LogP contribution in [-0.2, 0) is 14.3 Å². The van der Waals surface area contributed by atoms with Crippen molar-refractivity contribution >= 4 is 29.5 Å². The third kappa shape index (κ3) is 6.43. The number of ether oxygens (including phenoxy) is 2. The van der Waals surface area contributed by atoms with Crippen molar-refractivity contribution in [2.24, 2.45) is 0 Å². The molecule has 1 saturated heterocycles. The van der Waals surface area contributed by atoms with Gasteiger partial charge in [0, 0.05) is 31.0 Å². The van der Waals surface area contributed by atoms with Crippen LogP contribution in [0.4, 0.5) is 4.39 Å². The number of carbonyl (C=O) groups excluding carboxylic acids is 3. The van der Waals surface area contributed by atoms with Crippen LogP contribution >= 0.6 is 11.8 Å². The molecule has 0 saturated carbocycles. The molecule has 0 aliphatic carbocycles. The summed E-state index contributed by atoms with van der Waals surface area (Å²) in [6.45, 7) is 1.78. The molecule has 170 valence electrons. The van der Waals surface area contributed by atoms with Gasteiger partial charge in [-0.05, 0) is 43.4 Å². The number of thioether (sulfide) groups is 1. The van der Waals surface area contributed by atoms with Gasteiger partial charge in [-0.15, -0.1) is 11.8 Å². The average molecular weight is 462 g/mol. The molecule has 0 bridgehead atoms. The third-order valence-corrected chi connectivity index (χ3v) is 5.63. The molecule has 10 heteroatoms. The molecule has 32 heavy (non-hydrogen) atoms. The molecule has 1 N–H and O–H groups in total. The minimum absolute atomic E-state index is 0.00656. The predicted octanol–water partition coefficient (Wildman–Crippen LogP) is 3.02. The Morgan fingerprint density at radius 3 is 2.69 bits per heavy atom. The fourth-order valence-electron chi connectivity index (χ4n) is 3.24. The van der Waals surface area contributed by atoms with Crippen molar-refractivity contribution in [3.05, 3.63) is 47.9 Å². The SMILES string of the molecule is CSc1cccc(Oc2ncc(F)cc2C(=O)NC2CCN(C(=O)COC(C)=O)CC2)c1. The van der Waals surface area contributed by atoms with Crippen molar-refractivity contribution in [2.45, 2.75) is 30.7 Å². The summed E-state index contributed by atoms with van der Waals surface area (Å²) < 4.78 is 24.3. The van der Waals surface area contributed by atoms with E-state index in [2.05, 4.69) is 10.3 Å². The van der Waals surface area contributed by atoms with Crippen LogP contribution in [0.2, 0.25) is 0 Å². The highest BCUT2D eigenvalue weighted by atomic mass is 32.2. The number of hydrogen-bond acceptors (Lipinski definition) is 7. The van der Waals surface area contributed by atoms with E-state index in [1.807, 2.05) is 18.4 Å². The Hall–Kier alpha value is -3.14. The molecule has 1 aliphatic heterocycles. The van der Waals surface area contributed by atoms with Gasteiger partial charge >= 0.3 is 5.97 Å². The lowest BCUT2D eigenvalue weighted by atomic mass is 10.0. The van der Waals surface area contributed by atoms with Crippen LogP contribution in [0.25, 0.3) is 0 Å². The Morgan fingerprint density at radius 2 is 2.00 bits per heavy atom. The van der Waals surface area contributed by atoms with E-state index < -0.39 is 17.7 Å². The Balaban J connectivity index is 1.62. The van der Waals surface area contributed by atoms with Crippen LogP contribution in [0, 0.1) is 5.82 Å². The van der Waals surface area contributed by atoms with Crippen molar-refractivity contribution in [3.63, 3.8) is 0 Å². The van der Waals surface area contributed by atoms with E-state index in [0.717, 1.165) is 17.2 Å². The van der Waals surface area contributed by atoms with E-state index in [9.17, 15) is 18.8 Å². The van der Waals surface area contributed by atoms with Gasteiger partial charge < -0.3 is 19.7 Å². The number of halogens is 1. The zero-order valence-corrected chi connectivity index (χ0v) is 18.6. The van der Waals surface area contributed by atoms with Gasteiger partial charge in [0.25, 0.3) is 11.8 Å². The number of rotatable bonds is 7. The predicted molar refractivity (Wildman–Crippen MR) is 116 cm³/mol. The van der Waals surface area contributed by atoms with Crippen LogP contribution in [0.5, 0.6) is 11.6 Å². The third-order valence-electron chi connectivity index (χ3n) is 4.90. The molecule has 0 unspecified atom stereocenters. The number of esters is 1. The van der Waals surface area contributed by atoms with E-state index in [1.165, 1.54) is 6.92 Å². The Bertz CT molecular complexity index is 995. The highest BCUT2D eigenvalue weighted by Gasteiger charge is 2.26. The number of likely N-dealkylation sites (tertiary alicyclic amines) is 1.